The maximum absolute atomic E-state index is 13.5. The molecule has 0 bridgehead atoms. The molecule has 176 valence electrons. The maximum Gasteiger partial charge on any atom is 0.343 e. The van der Waals surface area contributed by atoms with Crippen LogP contribution in [-0.2, 0) is 21.7 Å². The molecule has 0 radical (unpaired) electrons. The average molecular weight is 439 g/mol. The van der Waals surface area contributed by atoms with Crippen LogP contribution in [0.4, 0.5) is 0 Å². The van der Waals surface area contributed by atoms with Gasteiger partial charge in [0.05, 0.1) is 5.56 Å². The van der Waals surface area contributed by atoms with E-state index in [1.807, 2.05) is 45.0 Å². The quantitative estimate of drug-likeness (QED) is 0.384. The predicted octanol–water partition coefficient (Wildman–Crippen LogP) is 7.80. The second-order valence-electron chi connectivity index (χ2n) is 13.0. The van der Waals surface area contributed by atoms with Crippen LogP contribution < -0.4 is 4.74 Å². The van der Waals surface area contributed by atoms with Crippen LogP contribution in [0.15, 0.2) is 30.3 Å². The van der Waals surface area contributed by atoms with Crippen molar-refractivity contribution in [1.29, 1.82) is 0 Å². The Hall–Kier alpha value is -2.29. The van der Waals surface area contributed by atoms with Crippen molar-refractivity contribution in [3.63, 3.8) is 0 Å². The van der Waals surface area contributed by atoms with E-state index in [4.69, 9.17) is 4.74 Å². The molecule has 0 aliphatic heterocycles. The van der Waals surface area contributed by atoms with E-state index in [1.165, 1.54) is 0 Å². The summed E-state index contributed by atoms with van der Waals surface area (Å²) in [5.41, 5.74) is 3.24. The lowest BCUT2D eigenvalue weighted by Crippen LogP contribution is -2.27. The number of phenolic OH excluding ortho intramolecular Hbond substituents is 1. The van der Waals surface area contributed by atoms with Crippen LogP contribution in [0.2, 0.25) is 0 Å². The minimum atomic E-state index is -0.402. The first-order valence-corrected chi connectivity index (χ1v) is 11.5. The van der Waals surface area contributed by atoms with Gasteiger partial charge in [-0.3, -0.25) is 0 Å². The molecular formula is C29H42O3. The monoisotopic (exact) mass is 438 g/mol. The summed E-state index contributed by atoms with van der Waals surface area (Å²) in [6.07, 6.45) is 0. The molecule has 1 N–H and O–H groups in total. The van der Waals surface area contributed by atoms with Gasteiger partial charge in [-0.05, 0) is 50.5 Å². The van der Waals surface area contributed by atoms with Gasteiger partial charge in [0, 0.05) is 5.56 Å². The summed E-state index contributed by atoms with van der Waals surface area (Å²) in [5.74, 6) is 0.221. The van der Waals surface area contributed by atoms with Gasteiger partial charge in [-0.1, -0.05) is 101 Å². The topological polar surface area (TPSA) is 46.5 Å². The summed E-state index contributed by atoms with van der Waals surface area (Å²) in [7, 11) is 0. The molecule has 2 rings (SSSR count). The van der Waals surface area contributed by atoms with Crippen molar-refractivity contribution in [2.75, 3.05) is 0 Å². The molecule has 3 nitrogen and oxygen atoms in total. The zero-order valence-electron chi connectivity index (χ0n) is 22.2. The fraction of sp³-hybridized carbons (Fsp3) is 0.552. The van der Waals surface area contributed by atoms with E-state index in [0.717, 1.165) is 16.7 Å². The zero-order valence-corrected chi connectivity index (χ0v) is 22.2. The highest BCUT2D eigenvalue weighted by Crippen LogP contribution is 2.44. The highest BCUT2D eigenvalue weighted by atomic mass is 16.5. The minimum Gasteiger partial charge on any atom is -0.507 e. The number of aromatic hydroxyl groups is 1. The second kappa shape index (κ2) is 8.24. The van der Waals surface area contributed by atoms with Gasteiger partial charge in [0.2, 0.25) is 0 Å². The van der Waals surface area contributed by atoms with Crippen molar-refractivity contribution in [2.45, 2.75) is 105 Å². The van der Waals surface area contributed by atoms with Gasteiger partial charge in [-0.25, -0.2) is 4.79 Å². The SMILES string of the molecule is CC(C)(C)c1ccc(OC(=O)c2cccc(C(C)(C)C)c2C(C)(C)C)c(C(C)(C)C)c1O. The lowest BCUT2D eigenvalue weighted by atomic mass is 9.73. The molecule has 0 aliphatic rings. The van der Waals surface area contributed by atoms with E-state index < -0.39 is 11.4 Å². The lowest BCUT2D eigenvalue weighted by molar-refractivity contribution is 0.0728. The van der Waals surface area contributed by atoms with Crippen LogP contribution in [0.25, 0.3) is 0 Å². The van der Waals surface area contributed by atoms with Gasteiger partial charge < -0.3 is 9.84 Å². The third-order valence-corrected chi connectivity index (χ3v) is 5.74. The highest BCUT2D eigenvalue weighted by Gasteiger charge is 2.33. The number of phenols is 1. The number of carbonyl (C=O) groups is 1. The summed E-state index contributed by atoms with van der Waals surface area (Å²) in [5, 5.41) is 11.2. The first-order chi connectivity index (χ1) is 14.3. The first-order valence-electron chi connectivity index (χ1n) is 11.5. The normalized spacial score (nSPS) is 13.2. The van der Waals surface area contributed by atoms with Gasteiger partial charge in [0.15, 0.2) is 0 Å². The number of esters is 1. The van der Waals surface area contributed by atoms with Gasteiger partial charge in [0.25, 0.3) is 0 Å². The summed E-state index contributed by atoms with van der Waals surface area (Å²) >= 11 is 0. The van der Waals surface area contributed by atoms with Gasteiger partial charge in [-0.15, -0.1) is 0 Å². The molecule has 0 spiro atoms. The molecule has 0 saturated heterocycles. The molecular weight excluding hydrogens is 396 g/mol. The molecule has 2 aromatic rings. The average Bonchev–Trinajstić information content (AvgIpc) is 2.57. The Bertz CT molecular complexity index is 1000. The molecule has 0 fully saturated rings. The van der Waals surface area contributed by atoms with Gasteiger partial charge >= 0.3 is 5.97 Å². The number of carbonyl (C=O) groups excluding carboxylic acids is 1. The van der Waals surface area contributed by atoms with E-state index in [1.54, 1.807) is 0 Å². The fourth-order valence-corrected chi connectivity index (χ4v) is 4.30. The largest absolute Gasteiger partial charge is 0.507 e. The Labute approximate surface area is 195 Å². The Balaban J connectivity index is 2.68. The van der Waals surface area contributed by atoms with Crippen molar-refractivity contribution in [2.24, 2.45) is 0 Å². The van der Waals surface area contributed by atoms with Gasteiger partial charge in [0.1, 0.15) is 11.5 Å². The number of benzene rings is 2. The number of rotatable bonds is 2. The smallest absolute Gasteiger partial charge is 0.343 e. The summed E-state index contributed by atoms with van der Waals surface area (Å²) in [6, 6.07) is 9.56. The van der Waals surface area contributed by atoms with Crippen molar-refractivity contribution in [1.82, 2.24) is 0 Å². The number of ether oxygens (including phenoxy) is 1. The fourth-order valence-electron chi connectivity index (χ4n) is 4.30. The molecule has 0 aromatic heterocycles. The van der Waals surface area contributed by atoms with E-state index in [9.17, 15) is 9.90 Å². The van der Waals surface area contributed by atoms with Crippen molar-refractivity contribution in [3.8, 4) is 11.5 Å². The predicted molar refractivity (Wildman–Crippen MR) is 134 cm³/mol. The minimum absolute atomic E-state index is 0.109. The molecule has 0 atom stereocenters. The van der Waals surface area contributed by atoms with Gasteiger partial charge in [-0.2, -0.15) is 0 Å². The van der Waals surface area contributed by atoms with E-state index in [-0.39, 0.29) is 22.0 Å². The van der Waals surface area contributed by atoms with Crippen molar-refractivity contribution < 1.29 is 14.6 Å². The van der Waals surface area contributed by atoms with Crippen LogP contribution in [-0.4, -0.2) is 11.1 Å². The molecule has 0 amide bonds. The highest BCUT2D eigenvalue weighted by molar-refractivity contribution is 5.94. The van der Waals surface area contributed by atoms with Crippen molar-refractivity contribution in [3.05, 3.63) is 58.1 Å². The Kier molecular flexibility index (Phi) is 6.69. The molecule has 0 unspecified atom stereocenters. The Morgan fingerprint density at radius 3 is 1.59 bits per heavy atom. The third kappa shape index (κ3) is 5.36. The van der Waals surface area contributed by atoms with Crippen LogP contribution in [0.5, 0.6) is 11.5 Å². The summed E-state index contributed by atoms with van der Waals surface area (Å²) in [4.78, 5) is 13.5. The molecule has 3 heteroatoms. The summed E-state index contributed by atoms with van der Waals surface area (Å²) < 4.78 is 6.01. The molecule has 32 heavy (non-hydrogen) atoms. The summed E-state index contributed by atoms with van der Waals surface area (Å²) in [6.45, 7) is 25.1. The standard InChI is InChI=1S/C29H42O3/c1-26(2,3)19-15-13-14-18(22(19)28(7,8)9)25(31)32-21-17-16-20(27(4,5)6)24(30)23(21)29(10,11)12/h13-17,30H,1-12H3. The van der Waals surface area contributed by atoms with E-state index in [2.05, 4.69) is 68.4 Å². The Morgan fingerprint density at radius 2 is 1.16 bits per heavy atom. The zero-order chi connectivity index (χ0) is 24.9. The first kappa shape index (κ1) is 26.0. The van der Waals surface area contributed by atoms with Crippen LogP contribution >= 0.6 is 0 Å². The molecule has 2 aromatic carbocycles. The van der Waals surface area contributed by atoms with E-state index in [0.29, 0.717) is 16.9 Å². The van der Waals surface area contributed by atoms with E-state index >= 15 is 0 Å². The molecule has 0 heterocycles. The lowest BCUT2D eigenvalue weighted by Gasteiger charge is -2.32. The number of hydrogen-bond acceptors (Lipinski definition) is 3. The Morgan fingerprint density at radius 1 is 0.656 bits per heavy atom. The van der Waals surface area contributed by atoms with Crippen LogP contribution in [0, 0.1) is 0 Å². The second-order valence-corrected chi connectivity index (χ2v) is 13.0. The van der Waals surface area contributed by atoms with Crippen LogP contribution in [0.3, 0.4) is 0 Å². The van der Waals surface area contributed by atoms with Crippen molar-refractivity contribution >= 4 is 5.97 Å². The maximum atomic E-state index is 13.5. The number of hydrogen-bond donors (Lipinski definition) is 1. The molecule has 0 saturated carbocycles. The third-order valence-electron chi connectivity index (χ3n) is 5.74. The van der Waals surface area contributed by atoms with Crippen LogP contribution in [0.1, 0.15) is 116 Å². The molecule has 0 aliphatic carbocycles.